The van der Waals surface area contributed by atoms with Crippen molar-refractivity contribution >= 4 is 21.9 Å². The molecule has 0 aliphatic carbocycles. The molecule has 0 bridgehead atoms. The van der Waals surface area contributed by atoms with E-state index in [1.165, 1.54) is 18.2 Å². The number of nitrogens with zero attached hydrogens (tertiary/aromatic N) is 1. The Hall–Kier alpha value is -2.68. The average molecular weight is 297 g/mol. The van der Waals surface area contributed by atoms with E-state index in [4.69, 9.17) is 12.6 Å². The number of para-hydroxylation sites is 1. The van der Waals surface area contributed by atoms with E-state index in [9.17, 15) is 4.39 Å². The van der Waals surface area contributed by atoms with E-state index < -0.39 is 19.5 Å². The minimum absolute atomic E-state index is 0.268. The molecule has 0 amide bonds. The number of furan rings is 1. The van der Waals surface area contributed by atoms with Crippen molar-refractivity contribution in [2.45, 2.75) is 13.7 Å². The molecule has 0 aliphatic heterocycles. The normalized spacial score (nSPS) is 16.6. The van der Waals surface area contributed by atoms with Crippen LogP contribution in [0.4, 0.5) is 4.39 Å². The van der Waals surface area contributed by atoms with Crippen LogP contribution in [0.1, 0.15) is 19.4 Å². The highest BCUT2D eigenvalue weighted by atomic mass is 19.1. The fourth-order valence-electron chi connectivity index (χ4n) is 2.58. The predicted molar refractivity (Wildman–Crippen MR) is 86.4 cm³/mol. The quantitative estimate of drug-likeness (QED) is 0.470. The number of halogens is 1. The second-order valence-corrected chi connectivity index (χ2v) is 5.04. The van der Waals surface area contributed by atoms with Gasteiger partial charge in [0.25, 0.3) is 0 Å². The Labute approximate surface area is 135 Å². The number of aryl methyl sites for hydroxylation is 2. The van der Waals surface area contributed by atoms with Crippen LogP contribution in [-0.2, 0) is 0 Å². The van der Waals surface area contributed by atoms with Crippen molar-refractivity contribution in [2.24, 2.45) is 0 Å². The molecule has 0 N–H and O–H groups in total. The van der Waals surface area contributed by atoms with E-state index in [-0.39, 0.29) is 16.8 Å². The summed E-state index contributed by atoms with van der Waals surface area (Å²) in [6, 6.07) is 10.7. The minimum atomic E-state index is -2.62. The van der Waals surface area contributed by atoms with E-state index in [2.05, 4.69) is 4.98 Å². The van der Waals surface area contributed by atoms with E-state index in [0.29, 0.717) is 22.1 Å². The Morgan fingerprint density at radius 3 is 2.82 bits per heavy atom. The van der Waals surface area contributed by atoms with E-state index in [0.717, 1.165) is 11.6 Å². The summed E-state index contributed by atoms with van der Waals surface area (Å²) in [5.74, 6) is -0.432. The maximum atomic E-state index is 13.5. The Balaban J connectivity index is 1.99. The molecular weight excluding hydrogens is 277 g/mol. The fraction of sp³-hybridized carbons (Fsp3) is 0.105. The van der Waals surface area contributed by atoms with Crippen molar-refractivity contribution in [2.75, 3.05) is 0 Å². The first-order valence-corrected chi connectivity index (χ1v) is 6.68. The first-order valence-electron chi connectivity index (χ1n) is 9.68. The zero-order chi connectivity index (χ0) is 20.3. The molecule has 108 valence electrons. The Morgan fingerprint density at radius 1 is 1.05 bits per heavy atom. The highest BCUT2D eigenvalue weighted by molar-refractivity contribution is 6.09. The minimum Gasteiger partial charge on any atom is -0.455 e. The number of pyridine rings is 1. The molecule has 2 aromatic carbocycles. The van der Waals surface area contributed by atoms with Crippen LogP contribution >= 0.6 is 0 Å². The molecule has 0 spiro atoms. The van der Waals surface area contributed by atoms with Crippen molar-refractivity contribution in [1.29, 1.82) is 0 Å². The fourth-order valence-corrected chi connectivity index (χ4v) is 2.58. The maximum absolute atomic E-state index is 13.5. The van der Waals surface area contributed by atoms with E-state index in [1.807, 2.05) is 6.07 Å². The molecule has 2 heterocycles. The third-order valence-corrected chi connectivity index (χ3v) is 3.64. The van der Waals surface area contributed by atoms with Gasteiger partial charge in [-0.1, -0.05) is 12.1 Å². The molecule has 0 atom stereocenters. The van der Waals surface area contributed by atoms with Gasteiger partial charge in [0.05, 0.1) is 5.69 Å². The van der Waals surface area contributed by atoms with Gasteiger partial charge in [0.1, 0.15) is 17.0 Å². The van der Waals surface area contributed by atoms with Crippen molar-refractivity contribution in [3.05, 3.63) is 65.6 Å². The average Bonchev–Trinajstić information content (AvgIpc) is 2.97. The van der Waals surface area contributed by atoms with Gasteiger partial charge in [-0.2, -0.15) is 0 Å². The number of fused-ring (bicyclic) bond motifs is 3. The largest absolute Gasteiger partial charge is 0.455 e. The molecular formula is C19H14FNO. The summed E-state index contributed by atoms with van der Waals surface area (Å²) in [6.07, 6.45) is 1.07. The monoisotopic (exact) mass is 297 g/mol. The molecule has 0 fully saturated rings. The number of benzene rings is 2. The van der Waals surface area contributed by atoms with Gasteiger partial charge in [-0.25, -0.2) is 4.39 Å². The van der Waals surface area contributed by atoms with Crippen molar-refractivity contribution in [3.8, 4) is 11.3 Å². The lowest BCUT2D eigenvalue weighted by Gasteiger charge is -2.05. The molecule has 2 aromatic heterocycles. The summed E-state index contributed by atoms with van der Waals surface area (Å²) in [7, 11) is 0. The van der Waals surface area contributed by atoms with Crippen molar-refractivity contribution < 1.29 is 17.0 Å². The zero-order valence-corrected chi connectivity index (χ0v) is 11.4. The van der Waals surface area contributed by atoms with Crippen molar-refractivity contribution in [1.82, 2.24) is 4.98 Å². The Morgan fingerprint density at radius 2 is 1.95 bits per heavy atom. The van der Waals surface area contributed by atoms with Crippen LogP contribution in [0, 0.1) is 19.5 Å². The first-order chi connectivity index (χ1) is 13.1. The van der Waals surface area contributed by atoms with E-state index >= 15 is 0 Å². The van der Waals surface area contributed by atoms with Gasteiger partial charge >= 0.3 is 0 Å². The van der Waals surface area contributed by atoms with Gasteiger partial charge in [-0.3, -0.25) is 4.98 Å². The summed E-state index contributed by atoms with van der Waals surface area (Å²) >= 11 is 0. The van der Waals surface area contributed by atoms with Gasteiger partial charge in [0.15, 0.2) is 0 Å². The number of hydrogen-bond acceptors (Lipinski definition) is 2. The predicted octanol–water partition coefficient (Wildman–Crippen LogP) is 5.40. The summed E-state index contributed by atoms with van der Waals surface area (Å²) in [6.45, 7) is -5.22. The summed E-state index contributed by atoms with van der Waals surface area (Å²) in [4.78, 5) is 4.18. The molecule has 4 rings (SSSR count). The van der Waals surface area contributed by atoms with Crippen LogP contribution < -0.4 is 0 Å². The molecule has 0 saturated carbocycles. The highest BCUT2D eigenvalue weighted by Gasteiger charge is 2.13. The molecule has 0 aliphatic rings. The van der Waals surface area contributed by atoms with Gasteiger partial charge in [-0.15, -0.1) is 0 Å². The van der Waals surface area contributed by atoms with Gasteiger partial charge < -0.3 is 4.42 Å². The summed E-state index contributed by atoms with van der Waals surface area (Å²) in [5, 5.41) is 1.44. The number of aromatic nitrogens is 1. The second-order valence-electron chi connectivity index (χ2n) is 5.04. The van der Waals surface area contributed by atoms with Crippen LogP contribution in [0.3, 0.4) is 0 Å². The third kappa shape index (κ3) is 1.90. The summed E-state index contributed by atoms with van der Waals surface area (Å²) in [5.41, 5.74) is 0.957. The van der Waals surface area contributed by atoms with Crippen LogP contribution in [0.25, 0.3) is 33.2 Å². The number of rotatable bonds is 1. The summed E-state index contributed by atoms with van der Waals surface area (Å²) < 4.78 is 65.3. The van der Waals surface area contributed by atoms with Crippen LogP contribution in [0.2, 0.25) is 0 Å². The molecule has 0 saturated heterocycles. The SMILES string of the molecule is [2H]C([2H])([2H])c1cnc(-c2cccc3c2oc2cc(F)ccc23)cc1C([2H])([2H])[2H]. The number of hydrogen-bond donors (Lipinski definition) is 0. The molecule has 0 radical (unpaired) electrons. The lowest BCUT2D eigenvalue weighted by molar-refractivity contribution is 0.618. The molecule has 0 unspecified atom stereocenters. The van der Waals surface area contributed by atoms with E-state index in [1.54, 1.807) is 18.2 Å². The van der Waals surface area contributed by atoms with Gasteiger partial charge in [-0.05, 0) is 49.1 Å². The van der Waals surface area contributed by atoms with Crippen LogP contribution in [0.5, 0.6) is 0 Å². The highest BCUT2D eigenvalue weighted by Crippen LogP contribution is 2.35. The molecule has 4 aromatic rings. The molecule has 22 heavy (non-hydrogen) atoms. The molecule has 3 heteroatoms. The lowest BCUT2D eigenvalue weighted by Crippen LogP contribution is -1.88. The maximum Gasteiger partial charge on any atom is 0.144 e. The van der Waals surface area contributed by atoms with Gasteiger partial charge in [0.2, 0.25) is 0 Å². The smallest absolute Gasteiger partial charge is 0.144 e. The van der Waals surface area contributed by atoms with Crippen LogP contribution in [0.15, 0.2) is 53.1 Å². The first kappa shape index (κ1) is 8.08. The lowest BCUT2D eigenvalue weighted by atomic mass is 10.0. The third-order valence-electron chi connectivity index (χ3n) is 3.64. The van der Waals surface area contributed by atoms with Gasteiger partial charge in [0, 0.05) is 36.8 Å². The molecule has 2 nitrogen and oxygen atoms in total. The Bertz CT molecular complexity index is 1210. The standard InChI is InChI=1S/C19H14FNO/c1-11-8-17(21-10-12(11)2)16-5-3-4-15-14-7-6-13(20)9-18(14)22-19(15)16/h3-10H,1-2H3/i1D3,2D3. The topological polar surface area (TPSA) is 26.0 Å². The Kier molecular flexibility index (Phi) is 1.71. The van der Waals surface area contributed by atoms with Crippen LogP contribution in [-0.4, -0.2) is 4.98 Å². The zero-order valence-electron chi connectivity index (χ0n) is 17.4. The second kappa shape index (κ2) is 4.67. The van der Waals surface area contributed by atoms with Crippen molar-refractivity contribution in [3.63, 3.8) is 0 Å².